The molecular formula is C13H15N3. The molecule has 2 aromatic rings. The fourth-order valence-electron chi connectivity index (χ4n) is 1.62. The number of nitrogen functional groups attached to an aromatic ring is 1. The van der Waals surface area contributed by atoms with Crippen LogP contribution in [0.15, 0.2) is 42.7 Å². The first-order valence-corrected chi connectivity index (χ1v) is 5.24. The van der Waals surface area contributed by atoms with Crippen LogP contribution in [-0.4, -0.2) is 4.98 Å². The smallest absolute Gasteiger partial charge is 0.0401 e. The Hall–Kier alpha value is -2.03. The molecule has 82 valence electrons. The van der Waals surface area contributed by atoms with Crippen molar-refractivity contribution in [1.29, 1.82) is 0 Å². The van der Waals surface area contributed by atoms with Crippen LogP contribution < -0.4 is 11.1 Å². The number of anilines is 2. The van der Waals surface area contributed by atoms with Gasteiger partial charge in [-0.25, -0.2) is 0 Å². The average Bonchev–Trinajstić information content (AvgIpc) is 2.27. The standard InChI is InChI=1S/C13H15N3/c1-10-6-12(14)8-13(7-10)16-9-11-2-4-15-5-3-11/h2-8,16H,9,14H2,1H3. The molecule has 1 aromatic carbocycles. The molecule has 3 heteroatoms. The van der Waals surface area contributed by atoms with Crippen molar-refractivity contribution in [3.05, 3.63) is 53.9 Å². The van der Waals surface area contributed by atoms with Crippen molar-refractivity contribution < 1.29 is 0 Å². The van der Waals surface area contributed by atoms with Gasteiger partial charge in [0.25, 0.3) is 0 Å². The van der Waals surface area contributed by atoms with E-state index in [1.165, 1.54) is 5.56 Å². The Morgan fingerprint density at radius 2 is 1.94 bits per heavy atom. The second-order valence-electron chi connectivity index (χ2n) is 3.84. The summed E-state index contributed by atoms with van der Waals surface area (Å²) in [5, 5.41) is 3.33. The Labute approximate surface area is 95.3 Å². The summed E-state index contributed by atoms with van der Waals surface area (Å²) in [4.78, 5) is 3.98. The van der Waals surface area contributed by atoms with Gasteiger partial charge in [0.1, 0.15) is 0 Å². The minimum absolute atomic E-state index is 0.783. The van der Waals surface area contributed by atoms with E-state index in [9.17, 15) is 0 Å². The van der Waals surface area contributed by atoms with Crippen LogP contribution in [0.1, 0.15) is 11.1 Å². The molecule has 0 saturated heterocycles. The number of pyridine rings is 1. The molecule has 0 aliphatic carbocycles. The van der Waals surface area contributed by atoms with Crippen molar-refractivity contribution in [2.75, 3.05) is 11.1 Å². The Balaban J connectivity index is 2.05. The van der Waals surface area contributed by atoms with Gasteiger partial charge in [0.2, 0.25) is 0 Å². The molecule has 3 nitrogen and oxygen atoms in total. The molecule has 0 amide bonds. The summed E-state index contributed by atoms with van der Waals surface area (Å²) in [6, 6.07) is 9.96. The average molecular weight is 213 g/mol. The molecule has 0 spiro atoms. The van der Waals surface area contributed by atoms with E-state index in [1.54, 1.807) is 12.4 Å². The number of hydrogen-bond donors (Lipinski definition) is 2. The summed E-state index contributed by atoms with van der Waals surface area (Å²) in [6.45, 7) is 2.82. The van der Waals surface area contributed by atoms with Crippen LogP contribution in [0.3, 0.4) is 0 Å². The maximum Gasteiger partial charge on any atom is 0.0401 e. The Kier molecular flexibility index (Phi) is 3.05. The van der Waals surface area contributed by atoms with E-state index in [4.69, 9.17) is 5.73 Å². The summed E-state index contributed by atoms with van der Waals surface area (Å²) in [7, 11) is 0. The second-order valence-corrected chi connectivity index (χ2v) is 3.84. The number of benzene rings is 1. The predicted molar refractivity (Wildman–Crippen MR) is 67.2 cm³/mol. The van der Waals surface area contributed by atoms with Gasteiger partial charge in [0.05, 0.1) is 0 Å². The number of nitrogens with zero attached hydrogens (tertiary/aromatic N) is 1. The third-order valence-corrected chi connectivity index (χ3v) is 2.35. The molecule has 0 radical (unpaired) electrons. The van der Waals surface area contributed by atoms with Gasteiger partial charge in [-0.3, -0.25) is 4.98 Å². The van der Waals surface area contributed by atoms with Crippen LogP contribution in [0.4, 0.5) is 11.4 Å². The summed E-state index contributed by atoms with van der Waals surface area (Å²) in [5.74, 6) is 0. The number of rotatable bonds is 3. The number of nitrogens with two attached hydrogens (primary N) is 1. The van der Waals surface area contributed by atoms with Gasteiger partial charge in [0.15, 0.2) is 0 Å². The van der Waals surface area contributed by atoms with E-state index < -0.39 is 0 Å². The summed E-state index contributed by atoms with van der Waals surface area (Å²) in [6.07, 6.45) is 3.59. The first-order chi connectivity index (χ1) is 7.74. The van der Waals surface area contributed by atoms with Crippen LogP contribution >= 0.6 is 0 Å². The zero-order chi connectivity index (χ0) is 11.4. The molecule has 0 saturated carbocycles. The van der Waals surface area contributed by atoms with Crippen molar-refractivity contribution in [1.82, 2.24) is 4.98 Å². The first-order valence-electron chi connectivity index (χ1n) is 5.24. The lowest BCUT2D eigenvalue weighted by molar-refractivity contribution is 1.13. The molecule has 0 atom stereocenters. The largest absolute Gasteiger partial charge is 0.399 e. The lowest BCUT2D eigenvalue weighted by Gasteiger charge is -2.08. The van der Waals surface area contributed by atoms with E-state index in [2.05, 4.69) is 16.4 Å². The molecule has 0 bridgehead atoms. The molecule has 0 fully saturated rings. The lowest BCUT2D eigenvalue weighted by Crippen LogP contribution is -2.00. The minimum atomic E-state index is 0.783. The second kappa shape index (κ2) is 4.66. The first kappa shape index (κ1) is 10.5. The van der Waals surface area contributed by atoms with Crippen LogP contribution in [0.2, 0.25) is 0 Å². The van der Waals surface area contributed by atoms with Crippen molar-refractivity contribution in [2.45, 2.75) is 13.5 Å². The number of aryl methyl sites for hydroxylation is 1. The van der Waals surface area contributed by atoms with E-state index in [-0.39, 0.29) is 0 Å². The zero-order valence-electron chi connectivity index (χ0n) is 9.27. The van der Waals surface area contributed by atoms with Crippen LogP contribution in [0, 0.1) is 6.92 Å². The molecule has 16 heavy (non-hydrogen) atoms. The maximum atomic E-state index is 5.78. The van der Waals surface area contributed by atoms with Crippen molar-refractivity contribution >= 4 is 11.4 Å². The summed E-state index contributed by atoms with van der Waals surface area (Å²) < 4.78 is 0. The van der Waals surface area contributed by atoms with Gasteiger partial charge in [0, 0.05) is 30.3 Å². The van der Waals surface area contributed by atoms with E-state index in [0.717, 1.165) is 23.5 Å². The highest BCUT2D eigenvalue weighted by Crippen LogP contribution is 2.16. The highest BCUT2D eigenvalue weighted by Gasteiger charge is 1.96. The molecule has 1 heterocycles. The van der Waals surface area contributed by atoms with E-state index in [1.807, 2.05) is 31.2 Å². The number of nitrogens with one attached hydrogen (secondary N) is 1. The van der Waals surface area contributed by atoms with Crippen LogP contribution in [-0.2, 0) is 6.54 Å². The molecular weight excluding hydrogens is 198 g/mol. The molecule has 0 aliphatic heterocycles. The fourth-order valence-corrected chi connectivity index (χ4v) is 1.62. The fraction of sp³-hybridized carbons (Fsp3) is 0.154. The van der Waals surface area contributed by atoms with Crippen LogP contribution in [0.5, 0.6) is 0 Å². The molecule has 0 aliphatic rings. The van der Waals surface area contributed by atoms with Gasteiger partial charge in [-0.15, -0.1) is 0 Å². The number of aromatic nitrogens is 1. The van der Waals surface area contributed by atoms with E-state index >= 15 is 0 Å². The molecule has 3 N–H and O–H groups in total. The third kappa shape index (κ3) is 2.73. The monoisotopic (exact) mass is 213 g/mol. The zero-order valence-corrected chi connectivity index (χ0v) is 9.27. The molecule has 1 aromatic heterocycles. The summed E-state index contributed by atoms with van der Waals surface area (Å²) in [5.41, 5.74) is 9.99. The Morgan fingerprint density at radius 1 is 1.19 bits per heavy atom. The topological polar surface area (TPSA) is 50.9 Å². The Morgan fingerprint density at radius 3 is 2.62 bits per heavy atom. The highest BCUT2D eigenvalue weighted by molar-refractivity contribution is 5.56. The molecule has 0 unspecified atom stereocenters. The van der Waals surface area contributed by atoms with Gasteiger partial charge < -0.3 is 11.1 Å². The van der Waals surface area contributed by atoms with Crippen LogP contribution in [0.25, 0.3) is 0 Å². The normalized spacial score (nSPS) is 10.1. The lowest BCUT2D eigenvalue weighted by atomic mass is 10.2. The van der Waals surface area contributed by atoms with E-state index in [0.29, 0.717) is 0 Å². The third-order valence-electron chi connectivity index (χ3n) is 2.35. The highest BCUT2D eigenvalue weighted by atomic mass is 14.9. The van der Waals surface area contributed by atoms with Gasteiger partial charge in [-0.05, 0) is 48.4 Å². The minimum Gasteiger partial charge on any atom is -0.399 e. The SMILES string of the molecule is Cc1cc(N)cc(NCc2ccncc2)c1. The predicted octanol–water partition coefficient (Wildman–Crippen LogP) is 2.58. The Bertz CT molecular complexity index is 446. The quantitative estimate of drug-likeness (QED) is 0.770. The maximum absolute atomic E-state index is 5.78. The summed E-state index contributed by atoms with van der Waals surface area (Å²) >= 11 is 0. The number of hydrogen-bond acceptors (Lipinski definition) is 3. The van der Waals surface area contributed by atoms with Gasteiger partial charge >= 0.3 is 0 Å². The van der Waals surface area contributed by atoms with Crippen molar-refractivity contribution in [3.8, 4) is 0 Å². The van der Waals surface area contributed by atoms with Gasteiger partial charge in [-0.1, -0.05) is 0 Å². The van der Waals surface area contributed by atoms with Gasteiger partial charge in [-0.2, -0.15) is 0 Å². The van der Waals surface area contributed by atoms with Crippen molar-refractivity contribution in [3.63, 3.8) is 0 Å². The molecule has 2 rings (SSSR count). The van der Waals surface area contributed by atoms with Crippen molar-refractivity contribution in [2.24, 2.45) is 0 Å².